The molecule has 1 N–H and O–H groups in total. The maximum Gasteiger partial charge on any atom is 0.194 e. The molecule has 0 saturated heterocycles. The normalized spacial score (nSPS) is 11.6. The van der Waals surface area contributed by atoms with Crippen molar-refractivity contribution < 1.29 is 14.3 Å². The van der Waals surface area contributed by atoms with Crippen LogP contribution in [-0.4, -0.2) is 16.5 Å². The summed E-state index contributed by atoms with van der Waals surface area (Å²) in [5.74, 6) is -0.822. The maximum atomic E-state index is 13.3. The number of ketones is 1. The largest absolute Gasteiger partial charge is 0.382 e. The second kappa shape index (κ2) is 4.74. The second-order valence-electron chi connectivity index (χ2n) is 4.03. The van der Waals surface area contributed by atoms with Crippen LogP contribution in [0.15, 0.2) is 18.2 Å². The van der Waals surface area contributed by atoms with Crippen LogP contribution in [0.3, 0.4) is 0 Å². The third-order valence-electron chi connectivity index (χ3n) is 3.03. The Bertz CT molecular complexity index is 395. The van der Waals surface area contributed by atoms with Crippen LogP contribution >= 0.6 is 0 Å². The lowest BCUT2D eigenvalue weighted by atomic mass is 9.88. The molecule has 1 aromatic rings. The van der Waals surface area contributed by atoms with Crippen molar-refractivity contribution in [2.75, 3.05) is 0 Å². The predicted octanol–water partition coefficient (Wildman–Crippen LogP) is 2.87. The van der Waals surface area contributed by atoms with Gasteiger partial charge in [0.15, 0.2) is 5.78 Å². The van der Waals surface area contributed by atoms with Crippen LogP contribution in [0.5, 0.6) is 0 Å². The number of benzene rings is 1. The first-order valence-corrected chi connectivity index (χ1v) is 5.48. The van der Waals surface area contributed by atoms with Crippen molar-refractivity contribution >= 4 is 5.78 Å². The summed E-state index contributed by atoms with van der Waals surface area (Å²) >= 11 is 0. The van der Waals surface area contributed by atoms with Crippen LogP contribution in [0.25, 0.3) is 0 Å². The highest BCUT2D eigenvalue weighted by molar-refractivity contribution is 6.02. The van der Waals surface area contributed by atoms with Crippen LogP contribution in [0.4, 0.5) is 4.39 Å². The van der Waals surface area contributed by atoms with Gasteiger partial charge in [0.05, 0.1) is 0 Å². The Morgan fingerprint density at radius 3 is 2.38 bits per heavy atom. The number of aliphatic hydroxyl groups is 1. The summed E-state index contributed by atoms with van der Waals surface area (Å²) in [6.07, 6.45) is 0.662. The molecule has 0 unspecified atom stereocenters. The van der Waals surface area contributed by atoms with Gasteiger partial charge in [-0.3, -0.25) is 4.79 Å². The summed E-state index contributed by atoms with van der Waals surface area (Å²) in [6.45, 7) is 5.12. The van der Waals surface area contributed by atoms with E-state index >= 15 is 0 Å². The number of hydrogen-bond acceptors (Lipinski definition) is 2. The first-order chi connectivity index (χ1) is 7.44. The van der Waals surface area contributed by atoms with E-state index in [9.17, 15) is 14.3 Å². The molecule has 0 bridgehead atoms. The summed E-state index contributed by atoms with van der Waals surface area (Å²) < 4.78 is 13.3. The highest BCUT2D eigenvalue weighted by Gasteiger charge is 2.32. The molecule has 0 heterocycles. The summed E-state index contributed by atoms with van der Waals surface area (Å²) in [5, 5.41) is 10.0. The van der Waals surface area contributed by atoms with Crippen LogP contribution in [0.1, 0.15) is 42.6 Å². The molecule has 1 rings (SSSR count). The fourth-order valence-corrected chi connectivity index (χ4v) is 1.57. The smallest absolute Gasteiger partial charge is 0.194 e. The van der Waals surface area contributed by atoms with Crippen LogP contribution < -0.4 is 0 Å². The van der Waals surface area contributed by atoms with E-state index in [1.165, 1.54) is 6.07 Å². The average molecular weight is 224 g/mol. The van der Waals surface area contributed by atoms with Gasteiger partial charge < -0.3 is 5.11 Å². The van der Waals surface area contributed by atoms with Gasteiger partial charge in [-0.15, -0.1) is 0 Å². The Morgan fingerprint density at radius 2 is 1.94 bits per heavy atom. The molecule has 1 aromatic carbocycles. The lowest BCUT2D eigenvalue weighted by molar-refractivity contribution is 0.0277. The van der Waals surface area contributed by atoms with E-state index in [4.69, 9.17) is 0 Å². The van der Waals surface area contributed by atoms with Crippen LogP contribution in [0, 0.1) is 12.7 Å². The minimum absolute atomic E-state index is 0.231. The SMILES string of the molecule is CCC(O)(CC)C(=O)c1ccc(C)c(F)c1. The standard InChI is InChI=1S/C13H17FO2/c1-4-13(16,5-2)12(15)10-7-6-9(3)11(14)8-10/h6-8,16H,4-5H2,1-3H3. The average Bonchev–Trinajstić information content (AvgIpc) is 2.30. The molecule has 88 valence electrons. The molecule has 0 saturated carbocycles. The first kappa shape index (κ1) is 12.8. The third kappa shape index (κ3) is 2.30. The Labute approximate surface area is 95.1 Å². The fraction of sp³-hybridized carbons (Fsp3) is 0.462. The molecule has 16 heavy (non-hydrogen) atoms. The Hall–Kier alpha value is -1.22. The van der Waals surface area contributed by atoms with Gasteiger partial charge in [0.2, 0.25) is 0 Å². The molecule has 3 heteroatoms. The lowest BCUT2D eigenvalue weighted by Crippen LogP contribution is -2.37. The fourth-order valence-electron chi connectivity index (χ4n) is 1.57. The quantitative estimate of drug-likeness (QED) is 0.798. The second-order valence-corrected chi connectivity index (χ2v) is 4.03. The van der Waals surface area contributed by atoms with Gasteiger partial charge in [-0.05, 0) is 31.4 Å². The van der Waals surface area contributed by atoms with Gasteiger partial charge in [0.25, 0.3) is 0 Å². The highest BCUT2D eigenvalue weighted by atomic mass is 19.1. The minimum atomic E-state index is -1.37. The van der Waals surface area contributed by atoms with Gasteiger partial charge >= 0.3 is 0 Å². The Kier molecular flexibility index (Phi) is 3.81. The van der Waals surface area contributed by atoms with Crippen molar-refractivity contribution in [1.29, 1.82) is 0 Å². The number of carbonyl (C=O) groups is 1. The zero-order chi connectivity index (χ0) is 12.3. The summed E-state index contributed by atoms with van der Waals surface area (Å²) in [7, 11) is 0. The van der Waals surface area contributed by atoms with Crippen molar-refractivity contribution in [3.05, 3.63) is 35.1 Å². The number of hydrogen-bond donors (Lipinski definition) is 1. The molecule has 0 atom stereocenters. The van der Waals surface area contributed by atoms with E-state index in [2.05, 4.69) is 0 Å². The number of halogens is 1. The van der Waals surface area contributed by atoms with E-state index in [1.807, 2.05) is 0 Å². The van der Waals surface area contributed by atoms with E-state index in [-0.39, 0.29) is 5.56 Å². The van der Waals surface area contributed by atoms with Crippen molar-refractivity contribution in [3.63, 3.8) is 0 Å². The summed E-state index contributed by atoms with van der Waals surface area (Å²) in [6, 6.07) is 4.29. The molecule has 0 aliphatic rings. The maximum absolute atomic E-state index is 13.3. The van der Waals surface area contributed by atoms with Crippen LogP contribution in [0.2, 0.25) is 0 Å². The van der Waals surface area contributed by atoms with E-state index in [1.54, 1.807) is 32.9 Å². The lowest BCUT2D eigenvalue weighted by Gasteiger charge is -2.23. The minimum Gasteiger partial charge on any atom is -0.382 e. The van der Waals surface area contributed by atoms with Crippen molar-refractivity contribution in [2.24, 2.45) is 0 Å². The Morgan fingerprint density at radius 1 is 1.38 bits per heavy atom. The van der Waals surface area contributed by atoms with E-state index in [0.717, 1.165) is 0 Å². The van der Waals surface area contributed by atoms with Crippen molar-refractivity contribution in [2.45, 2.75) is 39.2 Å². The molecule has 0 spiro atoms. The molecule has 0 aliphatic carbocycles. The summed E-state index contributed by atoms with van der Waals surface area (Å²) in [4.78, 5) is 12.0. The molecular weight excluding hydrogens is 207 g/mol. The van der Waals surface area contributed by atoms with Gasteiger partial charge in [-0.1, -0.05) is 26.0 Å². The van der Waals surface area contributed by atoms with E-state index < -0.39 is 17.2 Å². The molecule has 0 radical (unpaired) electrons. The molecule has 0 fully saturated rings. The number of carbonyl (C=O) groups excluding carboxylic acids is 1. The van der Waals surface area contributed by atoms with Gasteiger partial charge in [-0.2, -0.15) is 0 Å². The van der Waals surface area contributed by atoms with Gasteiger partial charge in [0.1, 0.15) is 11.4 Å². The van der Waals surface area contributed by atoms with Crippen molar-refractivity contribution in [1.82, 2.24) is 0 Å². The third-order valence-corrected chi connectivity index (χ3v) is 3.03. The molecule has 0 aromatic heterocycles. The first-order valence-electron chi connectivity index (χ1n) is 5.48. The zero-order valence-corrected chi connectivity index (χ0v) is 9.88. The van der Waals surface area contributed by atoms with Crippen molar-refractivity contribution in [3.8, 4) is 0 Å². The van der Waals surface area contributed by atoms with Crippen LogP contribution in [-0.2, 0) is 0 Å². The van der Waals surface area contributed by atoms with Gasteiger partial charge in [-0.25, -0.2) is 4.39 Å². The Balaban J connectivity index is 3.09. The monoisotopic (exact) mass is 224 g/mol. The molecule has 2 nitrogen and oxygen atoms in total. The number of aryl methyl sites for hydroxylation is 1. The molecule has 0 aliphatic heterocycles. The predicted molar refractivity (Wildman–Crippen MR) is 61.0 cm³/mol. The number of rotatable bonds is 4. The molecular formula is C13H17FO2. The summed E-state index contributed by atoms with van der Waals surface area (Å²) in [5.41, 5.74) is -0.649. The molecule has 0 amide bonds. The zero-order valence-electron chi connectivity index (χ0n) is 9.88. The topological polar surface area (TPSA) is 37.3 Å². The van der Waals surface area contributed by atoms with E-state index in [0.29, 0.717) is 18.4 Å². The van der Waals surface area contributed by atoms with Gasteiger partial charge in [0, 0.05) is 5.56 Å². The highest BCUT2D eigenvalue weighted by Crippen LogP contribution is 2.22. The number of Topliss-reactive ketones (excluding diaryl/α,β-unsaturated/α-hetero) is 1.